The molecular weight excluding hydrogens is 322 g/mol. The molecular formula is C18H27N3O2S. The first-order chi connectivity index (χ1) is 11.4. The molecule has 0 aliphatic carbocycles. The van der Waals surface area contributed by atoms with E-state index >= 15 is 0 Å². The molecule has 2 aliphatic heterocycles. The van der Waals surface area contributed by atoms with Crippen LogP contribution in [0.4, 0.5) is 0 Å². The van der Waals surface area contributed by atoms with Crippen molar-refractivity contribution >= 4 is 23.2 Å². The summed E-state index contributed by atoms with van der Waals surface area (Å²) in [6.45, 7) is 11.4. The summed E-state index contributed by atoms with van der Waals surface area (Å²) in [5.74, 6) is 0.348. The summed E-state index contributed by atoms with van der Waals surface area (Å²) < 4.78 is 0. The molecule has 1 aromatic heterocycles. The summed E-state index contributed by atoms with van der Waals surface area (Å²) >= 11 is 1.83. The largest absolute Gasteiger partial charge is 0.342 e. The maximum atomic E-state index is 12.3. The fourth-order valence-electron chi connectivity index (χ4n) is 4.03. The minimum absolute atomic E-state index is 0.116. The molecule has 2 fully saturated rings. The maximum Gasteiger partial charge on any atom is 0.223 e. The minimum atomic E-state index is -0.123. The Morgan fingerprint density at radius 2 is 2.04 bits per heavy atom. The Hall–Kier alpha value is -1.40. The van der Waals surface area contributed by atoms with E-state index in [2.05, 4.69) is 24.0 Å². The fourth-order valence-corrected chi connectivity index (χ4v) is 4.96. The van der Waals surface area contributed by atoms with E-state index in [0.29, 0.717) is 13.0 Å². The molecule has 0 radical (unpaired) electrons. The summed E-state index contributed by atoms with van der Waals surface area (Å²) in [6, 6.07) is 4.35. The third-order valence-electron chi connectivity index (χ3n) is 5.18. The number of rotatable bonds is 3. The van der Waals surface area contributed by atoms with Crippen LogP contribution in [-0.2, 0) is 16.1 Å². The zero-order valence-electron chi connectivity index (χ0n) is 14.9. The van der Waals surface area contributed by atoms with Crippen LogP contribution in [0.25, 0.3) is 0 Å². The van der Waals surface area contributed by atoms with Gasteiger partial charge in [0.2, 0.25) is 11.8 Å². The molecule has 5 nitrogen and oxygen atoms in total. The molecule has 1 atom stereocenters. The summed E-state index contributed by atoms with van der Waals surface area (Å²) in [6.07, 6.45) is 0.560. The molecule has 0 bridgehead atoms. The number of carbonyl (C=O) groups excluding carboxylic acids is 2. The molecule has 0 N–H and O–H groups in total. The van der Waals surface area contributed by atoms with Crippen LogP contribution in [0.1, 0.15) is 30.0 Å². The van der Waals surface area contributed by atoms with E-state index in [1.165, 1.54) is 9.75 Å². The number of thiophene rings is 1. The highest BCUT2D eigenvalue weighted by atomic mass is 32.1. The third-order valence-corrected chi connectivity index (χ3v) is 6.16. The lowest BCUT2D eigenvalue weighted by molar-refractivity contribution is -0.130. The van der Waals surface area contributed by atoms with Gasteiger partial charge in [0.25, 0.3) is 0 Å². The van der Waals surface area contributed by atoms with Crippen molar-refractivity contribution < 1.29 is 9.59 Å². The molecule has 24 heavy (non-hydrogen) atoms. The summed E-state index contributed by atoms with van der Waals surface area (Å²) in [4.78, 5) is 33.3. The molecule has 2 saturated heterocycles. The van der Waals surface area contributed by atoms with Gasteiger partial charge in [-0.2, -0.15) is 0 Å². The number of amides is 2. The van der Waals surface area contributed by atoms with Gasteiger partial charge in [0.05, 0.1) is 0 Å². The maximum absolute atomic E-state index is 12.3. The molecule has 0 unspecified atom stereocenters. The first kappa shape index (κ1) is 17.4. The highest BCUT2D eigenvalue weighted by Gasteiger charge is 2.46. The van der Waals surface area contributed by atoms with Crippen molar-refractivity contribution in [3.63, 3.8) is 0 Å². The standard InChI is InChI=1S/C18H27N3O2S/c1-4-20-12-18(9-17(20)23)11-19(7-8-21(13-18)15(3)22)10-16-6-5-14(2)24-16/h5-6H,4,7-13H2,1-3H3/t18-/m0/s1. The lowest BCUT2D eigenvalue weighted by atomic mass is 9.86. The Balaban J connectivity index is 1.80. The number of hydrogen-bond donors (Lipinski definition) is 0. The van der Waals surface area contributed by atoms with Gasteiger partial charge in [-0.05, 0) is 26.0 Å². The van der Waals surface area contributed by atoms with Gasteiger partial charge in [-0.3, -0.25) is 14.5 Å². The van der Waals surface area contributed by atoms with E-state index in [1.807, 2.05) is 28.1 Å². The normalized spacial score (nSPS) is 25.5. The van der Waals surface area contributed by atoms with Crippen LogP contribution in [0.15, 0.2) is 12.1 Å². The minimum Gasteiger partial charge on any atom is -0.342 e. The quantitative estimate of drug-likeness (QED) is 0.838. The Morgan fingerprint density at radius 3 is 2.62 bits per heavy atom. The molecule has 132 valence electrons. The van der Waals surface area contributed by atoms with Crippen molar-refractivity contribution in [3.8, 4) is 0 Å². The first-order valence-electron chi connectivity index (χ1n) is 8.72. The van der Waals surface area contributed by atoms with Gasteiger partial charge in [0.1, 0.15) is 0 Å². The Kier molecular flexibility index (Phi) is 4.97. The monoisotopic (exact) mass is 349 g/mol. The third kappa shape index (κ3) is 3.64. The Morgan fingerprint density at radius 1 is 1.25 bits per heavy atom. The second-order valence-corrected chi connectivity index (χ2v) is 8.62. The van der Waals surface area contributed by atoms with Crippen LogP contribution in [-0.4, -0.2) is 65.8 Å². The van der Waals surface area contributed by atoms with Gasteiger partial charge in [0.15, 0.2) is 0 Å². The molecule has 2 aliphatic rings. The van der Waals surface area contributed by atoms with Gasteiger partial charge in [-0.25, -0.2) is 0 Å². The SMILES string of the molecule is CCN1C[C@]2(CC1=O)CN(Cc1ccc(C)s1)CCN(C(C)=O)C2. The predicted octanol–water partition coefficient (Wildman–Crippen LogP) is 1.96. The van der Waals surface area contributed by atoms with Gasteiger partial charge in [0, 0.05) is 74.3 Å². The summed E-state index contributed by atoms with van der Waals surface area (Å²) in [5.41, 5.74) is -0.123. The average molecular weight is 350 g/mol. The van der Waals surface area contributed by atoms with Crippen molar-refractivity contribution in [2.45, 2.75) is 33.7 Å². The van der Waals surface area contributed by atoms with Crippen molar-refractivity contribution in [3.05, 3.63) is 21.9 Å². The number of aryl methyl sites for hydroxylation is 1. The van der Waals surface area contributed by atoms with E-state index in [1.54, 1.807) is 6.92 Å². The summed E-state index contributed by atoms with van der Waals surface area (Å²) in [7, 11) is 0. The van der Waals surface area contributed by atoms with Crippen LogP contribution in [0.2, 0.25) is 0 Å². The highest BCUT2D eigenvalue weighted by Crippen LogP contribution is 2.35. The van der Waals surface area contributed by atoms with Crippen LogP contribution in [0.3, 0.4) is 0 Å². The van der Waals surface area contributed by atoms with Crippen LogP contribution in [0, 0.1) is 12.3 Å². The van der Waals surface area contributed by atoms with E-state index in [0.717, 1.165) is 39.3 Å². The Labute approximate surface area is 148 Å². The van der Waals surface area contributed by atoms with E-state index in [9.17, 15) is 9.59 Å². The lowest BCUT2D eigenvalue weighted by Gasteiger charge is -2.33. The molecule has 3 heterocycles. The van der Waals surface area contributed by atoms with E-state index in [-0.39, 0.29) is 17.2 Å². The van der Waals surface area contributed by atoms with E-state index < -0.39 is 0 Å². The summed E-state index contributed by atoms with van der Waals surface area (Å²) in [5, 5.41) is 0. The molecule has 2 amide bonds. The second-order valence-electron chi connectivity index (χ2n) is 7.25. The first-order valence-corrected chi connectivity index (χ1v) is 9.53. The van der Waals surface area contributed by atoms with Crippen molar-refractivity contribution in [1.29, 1.82) is 0 Å². The highest BCUT2D eigenvalue weighted by molar-refractivity contribution is 7.11. The second kappa shape index (κ2) is 6.84. The van der Waals surface area contributed by atoms with Crippen LogP contribution >= 0.6 is 11.3 Å². The molecule has 1 aromatic rings. The van der Waals surface area contributed by atoms with Gasteiger partial charge >= 0.3 is 0 Å². The van der Waals surface area contributed by atoms with E-state index in [4.69, 9.17) is 0 Å². The van der Waals surface area contributed by atoms with Crippen molar-refractivity contribution in [2.24, 2.45) is 5.41 Å². The number of nitrogens with zero attached hydrogens (tertiary/aromatic N) is 3. The zero-order chi connectivity index (χ0) is 17.3. The lowest BCUT2D eigenvalue weighted by Crippen LogP contribution is -2.43. The van der Waals surface area contributed by atoms with Crippen molar-refractivity contribution in [1.82, 2.24) is 14.7 Å². The molecule has 3 rings (SSSR count). The molecule has 6 heteroatoms. The smallest absolute Gasteiger partial charge is 0.223 e. The topological polar surface area (TPSA) is 43.9 Å². The molecule has 1 spiro atoms. The molecule has 0 aromatic carbocycles. The fraction of sp³-hybridized carbons (Fsp3) is 0.667. The van der Waals surface area contributed by atoms with Crippen molar-refractivity contribution in [2.75, 3.05) is 39.3 Å². The predicted molar refractivity (Wildman–Crippen MR) is 95.9 cm³/mol. The zero-order valence-corrected chi connectivity index (χ0v) is 15.7. The van der Waals surface area contributed by atoms with Gasteiger partial charge < -0.3 is 9.80 Å². The number of carbonyl (C=O) groups is 2. The number of hydrogen-bond acceptors (Lipinski definition) is 4. The van der Waals surface area contributed by atoms with Gasteiger partial charge in [-0.1, -0.05) is 0 Å². The Bertz CT molecular complexity index is 630. The number of likely N-dealkylation sites (tertiary alicyclic amines) is 1. The van der Waals surface area contributed by atoms with Gasteiger partial charge in [-0.15, -0.1) is 11.3 Å². The van der Waals surface area contributed by atoms with Crippen LogP contribution in [0.5, 0.6) is 0 Å². The van der Waals surface area contributed by atoms with Crippen LogP contribution < -0.4 is 0 Å². The molecule has 0 saturated carbocycles. The average Bonchev–Trinajstić information content (AvgIpc) is 3.00.